The van der Waals surface area contributed by atoms with Crippen LogP contribution in [0.1, 0.15) is 31.2 Å². The summed E-state index contributed by atoms with van der Waals surface area (Å²) in [7, 11) is 0. The molecule has 0 atom stereocenters. The van der Waals surface area contributed by atoms with Crippen LogP contribution in [0.5, 0.6) is 0 Å². The van der Waals surface area contributed by atoms with Crippen molar-refractivity contribution in [2.75, 3.05) is 5.32 Å². The molecule has 0 bridgehead atoms. The van der Waals surface area contributed by atoms with E-state index in [0.29, 0.717) is 11.3 Å². The fourth-order valence-electron chi connectivity index (χ4n) is 2.30. The van der Waals surface area contributed by atoms with E-state index in [1.165, 1.54) is 0 Å². The molecule has 0 radical (unpaired) electrons. The van der Waals surface area contributed by atoms with Crippen molar-refractivity contribution in [3.8, 4) is 6.07 Å². The van der Waals surface area contributed by atoms with Gasteiger partial charge in [0.1, 0.15) is 0 Å². The van der Waals surface area contributed by atoms with Gasteiger partial charge in [-0.2, -0.15) is 5.26 Å². The number of nitriles is 1. The molecule has 1 fully saturated rings. The number of nitrogens with one attached hydrogen (secondary N) is 1. The number of nitrogens with two attached hydrogens (primary N) is 1. The van der Waals surface area contributed by atoms with E-state index >= 15 is 0 Å². The topological polar surface area (TPSA) is 78.9 Å². The molecule has 1 aromatic carbocycles. The Labute approximate surface area is 121 Å². The summed E-state index contributed by atoms with van der Waals surface area (Å²) in [5.74, 6) is 0.0830. The third-order valence-electron chi connectivity index (χ3n) is 3.50. The molecular formula is C14H16BrN3O. The van der Waals surface area contributed by atoms with Crippen LogP contribution in [-0.2, 0) is 4.79 Å². The highest BCUT2D eigenvalue weighted by atomic mass is 79.9. The lowest BCUT2D eigenvalue weighted by Gasteiger charge is -2.25. The fourth-order valence-corrected chi connectivity index (χ4v) is 2.78. The molecule has 0 unspecified atom stereocenters. The Morgan fingerprint density at radius 2 is 2.05 bits per heavy atom. The van der Waals surface area contributed by atoms with Crippen molar-refractivity contribution in [1.82, 2.24) is 0 Å². The molecule has 3 N–H and O–H groups in total. The number of carbonyl (C=O) groups excluding carboxylic acids is 1. The first-order chi connectivity index (χ1) is 9.10. The van der Waals surface area contributed by atoms with Gasteiger partial charge in [-0.1, -0.05) is 0 Å². The normalized spacial score (nSPS) is 22.6. The number of nitrogens with zero attached hydrogens (tertiary/aromatic N) is 1. The van der Waals surface area contributed by atoms with Gasteiger partial charge in [-0.05, 0) is 59.8 Å². The maximum absolute atomic E-state index is 12.1. The molecule has 0 aromatic heterocycles. The Hall–Kier alpha value is -1.38. The van der Waals surface area contributed by atoms with E-state index in [1.807, 2.05) is 0 Å². The van der Waals surface area contributed by atoms with Crippen molar-refractivity contribution in [3.05, 3.63) is 28.2 Å². The van der Waals surface area contributed by atoms with Crippen molar-refractivity contribution in [3.63, 3.8) is 0 Å². The Morgan fingerprint density at radius 3 is 2.63 bits per heavy atom. The lowest BCUT2D eigenvalue weighted by atomic mass is 9.86. The third kappa shape index (κ3) is 3.55. The van der Waals surface area contributed by atoms with Gasteiger partial charge in [-0.25, -0.2) is 0 Å². The smallest absolute Gasteiger partial charge is 0.227 e. The lowest BCUT2D eigenvalue weighted by molar-refractivity contribution is -0.120. The highest BCUT2D eigenvalue weighted by molar-refractivity contribution is 9.10. The molecule has 1 amide bonds. The highest BCUT2D eigenvalue weighted by Gasteiger charge is 2.24. The fraction of sp³-hybridized carbons (Fsp3) is 0.429. The molecule has 100 valence electrons. The first kappa shape index (κ1) is 14.0. The van der Waals surface area contributed by atoms with Crippen LogP contribution in [0.4, 0.5) is 5.69 Å². The molecular weight excluding hydrogens is 306 g/mol. The van der Waals surface area contributed by atoms with Crippen LogP contribution >= 0.6 is 15.9 Å². The first-order valence-corrected chi connectivity index (χ1v) is 7.15. The number of hydrogen-bond donors (Lipinski definition) is 2. The summed E-state index contributed by atoms with van der Waals surface area (Å²) in [5, 5.41) is 11.7. The van der Waals surface area contributed by atoms with Crippen molar-refractivity contribution in [2.45, 2.75) is 31.7 Å². The Bertz CT molecular complexity index is 516. The number of benzene rings is 1. The summed E-state index contributed by atoms with van der Waals surface area (Å²) in [6.07, 6.45) is 3.51. The average Bonchev–Trinajstić information content (AvgIpc) is 2.41. The Morgan fingerprint density at radius 1 is 1.37 bits per heavy atom. The second kappa shape index (κ2) is 6.18. The van der Waals surface area contributed by atoms with Crippen molar-refractivity contribution < 1.29 is 4.79 Å². The average molecular weight is 322 g/mol. The van der Waals surface area contributed by atoms with Crippen LogP contribution in [-0.4, -0.2) is 11.9 Å². The van der Waals surface area contributed by atoms with Crippen molar-refractivity contribution in [1.29, 1.82) is 5.26 Å². The largest absolute Gasteiger partial charge is 0.328 e. The number of amides is 1. The number of rotatable bonds is 2. The van der Waals surface area contributed by atoms with E-state index < -0.39 is 0 Å². The second-order valence-corrected chi connectivity index (χ2v) is 5.76. The van der Waals surface area contributed by atoms with E-state index in [0.717, 1.165) is 30.2 Å². The van der Waals surface area contributed by atoms with Gasteiger partial charge in [-0.3, -0.25) is 4.79 Å². The lowest BCUT2D eigenvalue weighted by Crippen LogP contribution is -2.32. The van der Waals surface area contributed by atoms with E-state index in [1.54, 1.807) is 18.2 Å². The third-order valence-corrected chi connectivity index (χ3v) is 4.15. The zero-order chi connectivity index (χ0) is 13.8. The van der Waals surface area contributed by atoms with E-state index in [9.17, 15) is 4.79 Å². The monoisotopic (exact) mass is 321 g/mol. The predicted molar refractivity (Wildman–Crippen MR) is 77.4 cm³/mol. The highest BCUT2D eigenvalue weighted by Crippen LogP contribution is 2.27. The standard InChI is InChI=1S/C14H16BrN3O/c15-12-7-9(8-16)1-6-13(12)18-14(19)10-2-4-11(17)5-3-10/h1,6-7,10-11H,2-5,17H2,(H,18,19). The van der Waals surface area contributed by atoms with Crippen LogP contribution in [0.25, 0.3) is 0 Å². The molecule has 0 saturated heterocycles. The summed E-state index contributed by atoms with van der Waals surface area (Å²) in [4.78, 5) is 12.1. The minimum Gasteiger partial charge on any atom is -0.328 e. The van der Waals surface area contributed by atoms with Crippen molar-refractivity contribution >= 4 is 27.5 Å². The van der Waals surface area contributed by atoms with Crippen molar-refractivity contribution in [2.24, 2.45) is 11.7 Å². The van der Waals surface area contributed by atoms with Gasteiger partial charge >= 0.3 is 0 Å². The van der Waals surface area contributed by atoms with Crippen LogP contribution in [0.2, 0.25) is 0 Å². The zero-order valence-corrected chi connectivity index (χ0v) is 12.1. The number of carbonyl (C=O) groups is 1. The zero-order valence-electron chi connectivity index (χ0n) is 10.5. The van der Waals surface area contributed by atoms with Gasteiger partial charge < -0.3 is 11.1 Å². The minimum atomic E-state index is 0.0392. The van der Waals surface area contributed by atoms with Crippen LogP contribution < -0.4 is 11.1 Å². The van der Waals surface area contributed by atoms with Gasteiger partial charge in [0, 0.05) is 16.4 Å². The summed E-state index contributed by atoms with van der Waals surface area (Å²) >= 11 is 3.36. The molecule has 0 spiro atoms. The summed E-state index contributed by atoms with van der Waals surface area (Å²) in [6, 6.07) is 7.44. The molecule has 1 aliphatic rings. The van der Waals surface area contributed by atoms with E-state index in [2.05, 4.69) is 27.3 Å². The summed E-state index contributed by atoms with van der Waals surface area (Å²) < 4.78 is 0.729. The minimum absolute atomic E-state index is 0.0392. The molecule has 1 aromatic rings. The maximum atomic E-state index is 12.1. The second-order valence-electron chi connectivity index (χ2n) is 4.91. The van der Waals surface area contributed by atoms with Gasteiger partial charge in [0.25, 0.3) is 0 Å². The summed E-state index contributed by atoms with van der Waals surface area (Å²) in [6.45, 7) is 0. The predicted octanol–water partition coefficient (Wildman–Crippen LogP) is 2.78. The molecule has 1 saturated carbocycles. The number of halogens is 1. The molecule has 5 heteroatoms. The quantitative estimate of drug-likeness (QED) is 0.879. The molecule has 19 heavy (non-hydrogen) atoms. The summed E-state index contributed by atoms with van der Waals surface area (Å²) in [5.41, 5.74) is 7.11. The SMILES string of the molecule is N#Cc1ccc(NC(=O)C2CCC(N)CC2)c(Br)c1. The number of hydrogen-bond acceptors (Lipinski definition) is 3. The maximum Gasteiger partial charge on any atom is 0.227 e. The van der Waals surface area contributed by atoms with Crippen LogP contribution in [0.15, 0.2) is 22.7 Å². The van der Waals surface area contributed by atoms with Crippen LogP contribution in [0, 0.1) is 17.2 Å². The molecule has 1 aliphatic carbocycles. The Balaban J connectivity index is 2.01. The van der Waals surface area contributed by atoms with Gasteiger partial charge in [0.15, 0.2) is 0 Å². The number of anilines is 1. The first-order valence-electron chi connectivity index (χ1n) is 6.36. The van der Waals surface area contributed by atoms with Gasteiger partial charge in [-0.15, -0.1) is 0 Å². The molecule has 2 rings (SSSR count). The van der Waals surface area contributed by atoms with Gasteiger partial charge in [0.05, 0.1) is 17.3 Å². The molecule has 0 aliphatic heterocycles. The molecule has 0 heterocycles. The Kier molecular flexibility index (Phi) is 4.56. The van der Waals surface area contributed by atoms with Crippen LogP contribution in [0.3, 0.4) is 0 Å². The van der Waals surface area contributed by atoms with E-state index in [4.69, 9.17) is 11.0 Å². The molecule has 4 nitrogen and oxygen atoms in total. The van der Waals surface area contributed by atoms with E-state index in [-0.39, 0.29) is 17.9 Å². The van der Waals surface area contributed by atoms with Gasteiger partial charge in [0.2, 0.25) is 5.91 Å².